The van der Waals surface area contributed by atoms with E-state index in [4.69, 9.17) is 4.74 Å². The van der Waals surface area contributed by atoms with Gasteiger partial charge in [0.2, 0.25) is 0 Å². The summed E-state index contributed by atoms with van der Waals surface area (Å²) in [6, 6.07) is 0. The average Bonchev–Trinajstić information content (AvgIpc) is 3.12. The third-order valence-corrected chi connectivity index (χ3v) is 6.83. The minimum absolute atomic E-state index is 0.292. The van der Waals surface area contributed by atoms with Gasteiger partial charge in [0.05, 0.1) is 12.2 Å². The lowest BCUT2D eigenvalue weighted by Crippen LogP contribution is -2.42. The Kier molecular flexibility index (Phi) is 1.67. The van der Waals surface area contributed by atoms with Gasteiger partial charge in [-0.15, -0.1) is 0 Å². The summed E-state index contributed by atoms with van der Waals surface area (Å²) in [5.41, 5.74) is 1.77. The van der Waals surface area contributed by atoms with Gasteiger partial charge in [0.1, 0.15) is 0 Å². The zero-order valence-electron chi connectivity index (χ0n) is 10.7. The van der Waals surface area contributed by atoms with Gasteiger partial charge in [-0.1, -0.05) is 13.3 Å². The van der Waals surface area contributed by atoms with E-state index in [1.54, 1.807) is 6.42 Å². The molecule has 4 rings (SSSR count). The monoisotopic (exact) mass is 220 g/mol. The van der Waals surface area contributed by atoms with Crippen molar-refractivity contribution in [3.05, 3.63) is 0 Å². The van der Waals surface area contributed by atoms with Crippen molar-refractivity contribution in [2.75, 3.05) is 6.61 Å². The van der Waals surface area contributed by atoms with Crippen LogP contribution in [0.3, 0.4) is 0 Å². The standard InChI is InChI=1S/C15H24O/c1-13-6-3-4-12-9-15(12,13)8-11(5-7-13)14(2)10-16-14/h11-12H,3-10H2,1-2H3/t11-,12?,13+,14+,15-/m0/s1. The van der Waals surface area contributed by atoms with Gasteiger partial charge < -0.3 is 4.74 Å². The highest BCUT2D eigenvalue weighted by Gasteiger charge is 2.69. The maximum atomic E-state index is 5.71. The Labute approximate surface area is 98.9 Å². The summed E-state index contributed by atoms with van der Waals surface area (Å²) in [7, 11) is 0. The van der Waals surface area contributed by atoms with Crippen molar-refractivity contribution in [1.29, 1.82) is 0 Å². The first-order chi connectivity index (χ1) is 7.58. The maximum absolute atomic E-state index is 5.71. The highest BCUT2D eigenvalue weighted by molar-refractivity contribution is 5.18. The summed E-state index contributed by atoms with van der Waals surface area (Å²) in [5, 5.41) is 0. The van der Waals surface area contributed by atoms with Gasteiger partial charge in [-0.2, -0.15) is 0 Å². The molecule has 4 fully saturated rings. The smallest absolute Gasteiger partial charge is 0.0916 e. The molecule has 0 radical (unpaired) electrons. The van der Waals surface area contributed by atoms with E-state index in [9.17, 15) is 0 Å². The van der Waals surface area contributed by atoms with Gasteiger partial charge in [0.15, 0.2) is 0 Å². The molecule has 0 aromatic carbocycles. The zero-order valence-corrected chi connectivity index (χ0v) is 10.7. The molecule has 1 unspecified atom stereocenters. The molecule has 3 saturated carbocycles. The Morgan fingerprint density at radius 1 is 1.00 bits per heavy atom. The molecule has 0 N–H and O–H groups in total. The number of hydrogen-bond donors (Lipinski definition) is 0. The Bertz CT molecular complexity index is 332. The highest BCUT2D eigenvalue weighted by Crippen LogP contribution is 2.76. The largest absolute Gasteiger partial charge is 0.370 e. The van der Waals surface area contributed by atoms with Crippen LogP contribution in [0.25, 0.3) is 0 Å². The van der Waals surface area contributed by atoms with Gasteiger partial charge >= 0.3 is 0 Å². The molecule has 0 aromatic heterocycles. The summed E-state index contributed by atoms with van der Waals surface area (Å²) in [6.45, 7) is 5.98. The van der Waals surface area contributed by atoms with E-state index in [0.717, 1.165) is 23.9 Å². The van der Waals surface area contributed by atoms with Crippen molar-refractivity contribution < 1.29 is 4.74 Å². The van der Waals surface area contributed by atoms with Crippen LogP contribution in [0, 0.1) is 22.7 Å². The molecular weight excluding hydrogens is 196 g/mol. The van der Waals surface area contributed by atoms with Crippen LogP contribution >= 0.6 is 0 Å². The predicted octanol–water partition coefficient (Wildman–Crippen LogP) is 3.77. The summed E-state index contributed by atoms with van der Waals surface area (Å²) < 4.78 is 5.71. The van der Waals surface area contributed by atoms with Gasteiger partial charge in [-0.05, 0) is 68.1 Å². The molecule has 1 heteroatoms. The maximum Gasteiger partial charge on any atom is 0.0916 e. The normalized spacial score (nSPS) is 63.4. The Balaban J connectivity index is 1.62. The van der Waals surface area contributed by atoms with E-state index < -0.39 is 0 Å². The third kappa shape index (κ3) is 1.06. The highest BCUT2D eigenvalue weighted by atomic mass is 16.6. The van der Waals surface area contributed by atoms with Crippen LogP contribution in [0.2, 0.25) is 0 Å². The second-order valence-electron chi connectivity index (χ2n) is 7.55. The molecule has 0 aromatic rings. The molecule has 5 atom stereocenters. The summed E-state index contributed by atoms with van der Waals surface area (Å²) in [5.74, 6) is 1.97. The molecule has 3 aliphatic carbocycles. The number of ether oxygens (including phenoxy) is 1. The minimum atomic E-state index is 0.292. The van der Waals surface area contributed by atoms with E-state index in [2.05, 4.69) is 13.8 Å². The van der Waals surface area contributed by atoms with Gasteiger partial charge in [0.25, 0.3) is 0 Å². The molecule has 4 aliphatic rings. The molecule has 1 heterocycles. The minimum Gasteiger partial charge on any atom is -0.370 e. The zero-order chi connectivity index (χ0) is 11.0. The SMILES string of the molecule is C[C@]12CCCC3C[C@@]31C[C@@H]([C@@]1(C)CO1)CC2. The fraction of sp³-hybridized carbons (Fsp3) is 1.00. The fourth-order valence-corrected chi connectivity index (χ4v) is 5.26. The van der Waals surface area contributed by atoms with Crippen molar-refractivity contribution in [1.82, 2.24) is 0 Å². The first-order valence-electron chi connectivity index (χ1n) is 7.22. The first-order valence-corrected chi connectivity index (χ1v) is 7.22. The van der Waals surface area contributed by atoms with E-state index in [1.807, 2.05) is 0 Å². The quantitative estimate of drug-likeness (QED) is 0.613. The van der Waals surface area contributed by atoms with Gasteiger partial charge in [-0.3, -0.25) is 0 Å². The van der Waals surface area contributed by atoms with Gasteiger partial charge in [0, 0.05) is 0 Å². The topological polar surface area (TPSA) is 12.5 Å². The van der Waals surface area contributed by atoms with Crippen LogP contribution < -0.4 is 0 Å². The number of hydrogen-bond acceptors (Lipinski definition) is 1. The molecule has 0 bridgehead atoms. The Hall–Kier alpha value is -0.0400. The lowest BCUT2D eigenvalue weighted by Gasteiger charge is -2.49. The van der Waals surface area contributed by atoms with E-state index >= 15 is 0 Å². The Morgan fingerprint density at radius 2 is 1.75 bits per heavy atom. The molecule has 1 aliphatic heterocycles. The molecule has 90 valence electrons. The van der Waals surface area contributed by atoms with Crippen LogP contribution in [0.15, 0.2) is 0 Å². The molecule has 16 heavy (non-hydrogen) atoms. The van der Waals surface area contributed by atoms with Crippen LogP contribution in [-0.2, 0) is 4.74 Å². The van der Waals surface area contributed by atoms with Crippen molar-refractivity contribution in [2.45, 2.75) is 64.4 Å². The van der Waals surface area contributed by atoms with Crippen LogP contribution in [0.5, 0.6) is 0 Å². The fourth-order valence-electron chi connectivity index (χ4n) is 5.26. The molecule has 0 amide bonds. The Morgan fingerprint density at radius 3 is 2.50 bits per heavy atom. The van der Waals surface area contributed by atoms with Crippen molar-refractivity contribution in [2.24, 2.45) is 22.7 Å². The molecule has 1 spiro atoms. The van der Waals surface area contributed by atoms with Crippen molar-refractivity contribution in [3.8, 4) is 0 Å². The lowest BCUT2D eigenvalue weighted by molar-refractivity contribution is -0.00516. The molecular formula is C15H24O. The molecule has 1 nitrogen and oxygen atoms in total. The third-order valence-electron chi connectivity index (χ3n) is 6.83. The summed E-state index contributed by atoms with van der Waals surface area (Å²) in [4.78, 5) is 0. The van der Waals surface area contributed by atoms with Crippen LogP contribution in [0.4, 0.5) is 0 Å². The average molecular weight is 220 g/mol. The van der Waals surface area contributed by atoms with Crippen LogP contribution in [-0.4, -0.2) is 12.2 Å². The second-order valence-corrected chi connectivity index (χ2v) is 7.55. The number of epoxide rings is 1. The lowest BCUT2D eigenvalue weighted by atomic mass is 9.55. The van der Waals surface area contributed by atoms with Crippen LogP contribution in [0.1, 0.15) is 58.8 Å². The summed E-state index contributed by atoms with van der Waals surface area (Å²) in [6.07, 6.45) is 10.5. The van der Waals surface area contributed by atoms with Gasteiger partial charge in [-0.25, -0.2) is 0 Å². The first kappa shape index (κ1) is 9.94. The van der Waals surface area contributed by atoms with E-state index in [0.29, 0.717) is 11.0 Å². The molecule has 1 saturated heterocycles. The van der Waals surface area contributed by atoms with Crippen molar-refractivity contribution in [3.63, 3.8) is 0 Å². The predicted molar refractivity (Wildman–Crippen MR) is 64.2 cm³/mol. The van der Waals surface area contributed by atoms with E-state index in [1.165, 1.54) is 38.5 Å². The van der Waals surface area contributed by atoms with E-state index in [-0.39, 0.29) is 0 Å². The summed E-state index contributed by atoms with van der Waals surface area (Å²) >= 11 is 0. The van der Waals surface area contributed by atoms with Crippen molar-refractivity contribution >= 4 is 0 Å². The second kappa shape index (κ2) is 2.68. The number of rotatable bonds is 1.